The van der Waals surface area contributed by atoms with Crippen LogP contribution in [-0.4, -0.2) is 19.5 Å². The van der Waals surface area contributed by atoms with Crippen molar-refractivity contribution in [2.75, 3.05) is 13.2 Å². The first-order chi connectivity index (χ1) is 4.35. The third-order valence-corrected chi connectivity index (χ3v) is 1.41. The second kappa shape index (κ2) is 5.45. The smallest absolute Gasteiger partial charge is 0.328 e. The fourth-order valence-corrected chi connectivity index (χ4v) is 0.744. The zero-order valence-electron chi connectivity index (χ0n) is 6.09. The van der Waals surface area contributed by atoms with E-state index in [1.807, 2.05) is 13.8 Å². The average Bonchev–Trinajstić information content (AvgIpc) is 1.88. The topological polar surface area (TPSA) is 38.7 Å². The van der Waals surface area contributed by atoms with Crippen molar-refractivity contribution in [2.45, 2.75) is 13.8 Å². The quantitative estimate of drug-likeness (QED) is 0.583. The summed E-state index contributed by atoms with van der Waals surface area (Å²) in [6.07, 6.45) is 0. The van der Waals surface area contributed by atoms with Crippen molar-refractivity contribution in [2.24, 2.45) is 0 Å². The summed E-state index contributed by atoms with van der Waals surface area (Å²) in [6, 6.07) is 0. The van der Waals surface area contributed by atoms with Gasteiger partial charge in [0.15, 0.2) is 0 Å². The Kier molecular flexibility index (Phi) is 4.38. The van der Waals surface area contributed by atoms with Gasteiger partial charge in [-0.3, -0.25) is 0 Å². The van der Waals surface area contributed by atoms with Crippen LogP contribution >= 0.6 is 8.60 Å². The lowest BCUT2D eigenvalue weighted by molar-refractivity contribution is 0.216. The van der Waals surface area contributed by atoms with Gasteiger partial charge in [-0.1, -0.05) is 0 Å². The molecule has 0 amide bonds. The van der Waals surface area contributed by atoms with Crippen LogP contribution in [-0.2, 0) is 9.05 Å². The fourth-order valence-electron chi connectivity index (χ4n) is 0.248. The maximum Gasteiger partial charge on any atom is 0.329 e. The molecule has 0 rings (SSSR count). The second-order valence-corrected chi connectivity index (χ2v) is 2.02. The lowest BCUT2D eigenvalue weighted by Gasteiger charge is -2.05. The van der Waals surface area contributed by atoms with Crippen LogP contribution in [0.1, 0.15) is 13.8 Å². The Morgan fingerprint density at radius 2 is 2.00 bits per heavy atom. The van der Waals surface area contributed by atoms with E-state index in [1.54, 1.807) is 0 Å². The highest BCUT2D eigenvalue weighted by Gasteiger charge is 2.00. The van der Waals surface area contributed by atoms with Gasteiger partial charge < -0.3 is 13.9 Å². The molecule has 0 spiro atoms. The number of rotatable bonds is 5. The molecule has 0 saturated heterocycles. The van der Waals surface area contributed by atoms with Crippen LogP contribution in [0, 0.1) is 0 Å². The van der Waals surface area contributed by atoms with Gasteiger partial charge in [-0.25, -0.2) is 0 Å². The maximum absolute atomic E-state index is 6.45. The minimum Gasteiger partial charge on any atom is -0.328 e. The van der Waals surface area contributed by atoms with E-state index in [9.17, 15) is 0 Å². The summed E-state index contributed by atoms with van der Waals surface area (Å²) >= 11 is 0. The van der Waals surface area contributed by atoms with E-state index >= 15 is 0 Å². The molecule has 0 aliphatic rings. The predicted molar refractivity (Wildman–Crippen MR) is 32.4 cm³/mol. The summed E-state index contributed by atoms with van der Waals surface area (Å²) in [5.74, 6) is 0. The lowest BCUT2D eigenvalue weighted by atomic mass is 10.9. The van der Waals surface area contributed by atoms with Gasteiger partial charge in [0.2, 0.25) is 1.43 Å². The van der Waals surface area contributed by atoms with Crippen LogP contribution in [0.3, 0.4) is 0 Å². The second-order valence-electron chi connectivity index (χ2n) is 1.06. The van der Waals surface area contributed by atoms with E-state index in [0.717, 1.165) is 0 Å². The van der Waals surface area contributed by atoms with Crippen LogP contribution in [0.5, 0.6) is 0 Å². The Hall–Kier alpha value is 0.310. The minimum absolute atomic E-state index is 0.518. The Bertz CT molecular complexity index is 57.8. The van der Waals surface area contributed by atoms with Crippen molar-refractivity contribution < 1.29 is 13.9 Å². The van der Waals surface area contributed by atoms with E-state index in [1.165, 1.54) is 0 Å². The lowest BCUT2D eigenvalue weighted by Crippen LogP contribution is -1.87. The molecule has 0 aliphatic carbocycles. The van der Waals surface area contributed by atoms with Crippen LogP contribution in [0.25, 0.3) is 0 Å². The first-order valence-corrected chi connectivity index (χ1v) is 3.63. The highest BCUT2D eigenvalue weighted by molar-refractivity contribution is 7.40. The first kappa shape index (κ1) is 6.43. The van der Waals surface area contributed by atoms with Gasteiger partial charge in [0.25, 0.3) is 0 Å². The molecule has 0 fully saturated rings. The molecule has 1 N–H and O–H groups in total. The molecule has 0 aromatic carbocycles. The van der Waals surface area contributed by atoms with Crippen LogP contribution in [0.4, 0.5) is 0 Å². The van der Waals surface area contributed by atoms with Gasteiger partial charge in [0.1, 0.15) is 0 Å². The zero-order chi connectivity index (χ0) is 7.11. The van der Waals surface area contributed by atoms with E-state index in [0.29, 0.717) is 13.2 Å². The molecule has 4 heteroatoms. The monoisotopic (exact) mass is 139 g/mol. The van der Waals surface area contributed by atoms with Gasteiger partial charge in [-0.15, -0.1) is 0 Å². The minimum atomic E-state index is -1.39. The molecule has 8 heavy (non-hydrogen) atoms. The van der Waals surface area contributed by atoms with Crippen molar-refractivity contribution >= 4 is 8.60 Å². The highest BCUT2D eigenvalue weighted by Crippen LogP contribution is 2.31. The Morgan fingerprint density at radius 1 is 1.50 bits per heavy atom. The van der Waals surface area contributed by atoms with E-state index in [2.05, 4.69) is 4.90 Å². The maximum atomic E-state index is 6.45. The van der Waals surface area contributed by atoms with E-state index in [4.69, 9.17) is 10.5 Å². The molecule has 0 aromatic heterocycles. The molecule has 0 unspecified atom stereocenters. The van der Waals surface area contributed by atoms with E-state index in [-0.39, 0.29) is 0 Å². The Labute approximate surface area is 52.1 Å². The molecule has 0 atom stereocenters. The van der Waals surface area contributed by atoms with Gasteiger partial charge in [-0.2, -0.15) is 0 Å². The predicted octanol–water partition coefficient (Wildman–Crippen LogP) is 1.28. The SMILES string of the molecule is [2H]OP(OCC)OCC. The van der Waals surface area contributed by atoms with Crippen molar-refractivity contribution in [1.82, 2.24) is 0 Å². The number of hydrogen-bond donors (Lipinski definition) is 1. The molecule has 0 saturated carbocycles. The largest absolute Gasteiger partial charge is 0.329 e. The summed E-state index contributed by atoms with van der Waals surface area (Å²) in [6.45, 7) is 4.69. The first-order valence-electron chi connectivity index (χ1n) is 2.95. The van der Waals surface area contributed by atoms with Gasteiger partial charge in [0, 0.05) is 0 Å². The summed E-state index contributed by atoms with van der Waals surface area (Å²) in [7, 11) is -1.39. The van der Waals surface area contributed by atoms with Crippen molar-refractivity contribution in [3.63, 3.8) is 0 Å². The summed E-state index contributed by atoms with van der Waals surface area (Å²) in [5.41, 5.74) is 0. The Morgan fingerprint density at radius 3 is 2.25 bits per heavy atom. The molecule has 0 radical (unpaired) electrons. The molecular weight excluding hydrogens is 127 g/mol. The third-order valence-electron chi connectivity index (χ3n) is 0.469. The van der Waals surface area contributed by atoms with Crippen molar-refractivity contribution in [3.8, 4) is 0 Å². The third kappa shape index (κ3) is 4.47. The van der Waals surface area contributed by atoms with Gasteiger partial charge in [-0.05, 0) is 13.8 Å². The highest BCUT2D eigenvalue weighted by atomic mass is 31.2. The normalized spacial score (nSPS) is 12.1. The molecule has 50 valence electrons. The summed E-state index contributed by atoms with van der Waals surface area (Å²) < 4.78 is 16.2. The Balaban J connectivity index is 3.18. The molecule has 0 aromatic rings. The van der Waals surface area contributed by atoms with Crippen LogP contribution in [0.15, 0.2) is 0 Å². The van der Waals surface area contributed by atoms with Gasteiger partial charge in [0.05, 0.1) is 13.2 Å². The summed E-state index contributed by atoms with van der Waals surface area (Å²) in [4.78, 5) is 4.10. The molecule has 0 aliphatic heterocycles. The van der Waals surface area contributed by atoms with Crippen molar-refractivity contribution in [3.05, 3.63) is 0 Å². The van der Waals surface area contributed by atoms with Gasteiger partial charge >= 0.3 is 8.60 Å². The zero-order valence-corrected chi connectivity index (χ0v) is 5.98. The average molecular weight is 139 g/mol. The fraction of sp³-hybridized carbons (Fsp3) is 1.00. The molecule has 0 heterocycles. The number of hydrogen-bond acceptors (Lipinski definition) is 3. The summed E-state index contributed by atoms with van der Waals surface area (Å²) in [5, 5.41) is 0. The standard InChI is InChI=1S/C4H11O3P/c1-3-6-8(5)7-4-2/h5H,3-4H2,1-2H3/i5D. The molecular formula is C4H11O3P. The van der Waals surface area contributed by atoms with E-state index < -0.39 is 8.60 Å². The molecule has 0 bridgehead atoms. The van der Waals surface area contributed by atoms with Crippen LogP contribution in [0.2, 0.25) is 0 Å². The molecule has 3 nitrogen and oxygen atoms in total. The van der Waals surface area contributed by atoms with Crippen LogP contribution < -0.4 is 0 Å². The van der Waals surface area contributed by atoms with Crippen molar-refractivity contribution in [1.29, 1.82) is 1.43 Å².